The van der Waals surface area contributed by atoms with Crippen LogP contribution >= 0.6 is 0 Å². The Balaban J connectivity index is 2.17. The minimum atomic E-state index is -0.189. The van der Waals surface area contributed by atoms with Crippen molar-refractivity contribution >= 4 is 11.4 Å². The summed E-state index contributed by atoms with van der Waals surface area (Å²) in [7, 11) is 1.63. The number of hydrogen-bond acceptors (Lipinski definition) is 4. The largest absolute Gasteiger partial charge is 0.497 e. The molecule has 1 aliphatic heterocycles. The molecule has 0 radical (unpaired) electrons. The average molecular weight is 236 g/mol. The molecule has 1 aromatic rings. The summed E-state index contributed by atoms with van der Waals surface area (Å²) in [5.41, 5.74) is 7.79. The number of benzene rings is 1. The first-order chi connectivity index (χ1) is 8.11. The zero-order valence-corrected chi connectivity index (χ0v) is 10.4. The van der Waals surface area contributed by atoms with E-state index in [9.17, 15) is 5.11 Å². The van der Waals surface area contributed by atoms with Gasteiger partial charge in [0.25, 0.3) is 0 Å². The van der Waals surface area contributed by atoms with Crippen LogP contribution in [0.5, 0.6) is 5.75 Å². The van der Waals surface area contributed by atoms with Gasteiger partial charge in [0.05, 0.1) is 24.6 Å². The normalized spacial score (nSPS) is 24.8. The van der Waals surface area contributed by atoms with E-state index in [-0.39, 0.29) is 12.0 Å². The van der Waals surface area contributed by atoms with Crippen LogP contribution in [0.4, 0.5) is 11.4 Å². The van der Waals surface area contributed by atoms with Crippen LogP contribution in [0.3, 0.4) is 0 Å². The van der Waals surface area contributed by atoms with Gasteiger partial charge in [0, 0.05) is 19.2 Å². The predicted octanol–water partition coefficient (Wildman–Crippen LogP) is 1.48. The maximum absolute atomic E-state index is 9.72. The van der Waals surface area contributed by atoms with Gasteiger partial charge in [-0.2, -0.15) is 0 Å². The molecule has 1 saturated heterocycles. The van der Waals surface area contributed by atoms with E-state index in [0.717, 1.165) is 36.6 Å². The molecule has 17 heavy (non-hydrogen) atoms. The average Bonchev–Trinajstić information content (AvgIpc) is 2.32. The van der Waals surface area contributed by atoms with Crippen molar-refractivity contribution in [1.29, 1.82) is 0 Å². The molecule has 0 aromatic heterocycles. The van der Waals surface area contributed by atoms with Crippen LogP contribution in [0.1, 0.15) is 13.3 Å². The van der Waals surface area contributed by atoms with Gasteiger partial charge < -0.3 is 20.5 Å². The summed E-state index contributed by atoms with van der Waals surface area (Å²) in [4.78, 5) is 2.23. The number of hydrogen-bond donors (Lipinski definition) is 2. The number of nitrogen functional groups attached to an aromatic ring is 1. The van der Waals surface area contributed by atoms with Gasteiger partial charge in [-0.1, -0.05) is 6.92 Å². The Morgan fingerprint density at radius 1 is 1.47 bits per heavy atom. The lowest BCUT2D eigenvalue weighted by Gasteiger charge is -2.36. The third-order valence-corrected chi connectivity index (χ3v) is 3.44. The number of ether oxygens (including phenoxy) is 1. The van der Waals surface area contributed by atoms with Crippen LogP contribution in [0.25, 0.3) is 0 Å². The van der Waals surface area contributed by atoms with E-state index in [2.05, 4.69) is 11.8 Å². The summed E-state index contributed by atoms with van der Waals surface area (Å²) in [6.07, 6.45) is 0.609. The fraction of sp³-hybridized carbons (Fsp3) is 0.538. The van der Waals surface area contributed by atoms with Crippen molar-refractivity contribution in [3.8, 4) is 5.75 Å². The van der Waals surface area contributed by atoms with Crippen molar-refractivity contribution < 1.29 is 9.84 Å². The standard InChI is InChI=1S/C13H20N2O2/c1-9-8-15(6-5-13(9)16)12-4-3-10(17-2)7-11(12)14/h3-4,7,9,13,16H,5-6,8,14H2,1-2H3. The zero-order chi connectivity index (χ0) is 12.4. The molecular weight excluding hydrogens is 216 g/mol. The Hall–Kier alpha value is -1.42. The summed E-state index contributed by atoms with van der Waals surface area (Å²) in [5.74, 6) is 1.06. The van der Waals surface area contributed by atoms with Gasteiger partial charge in [0.15, 0.2) is 0 Å². The number of nitrogens with zero attached hydrogens (tertiary/aromatic N) is 1. The number of anilines is 2. The first-order valence-electron chi connectivity index (χ1n) is 5.98. The van der Waals surface area contributed by atoms with Crippen LogP contribution in [0.15, 0.2) is 18.2 Å². The molecule has 0 saturated carbocycles. The fourth-order valence-electron chi connectivity index (χ4n) is 2.30. The molecule has 0 amide bonds. The second kappa shape index (κ2) is 4.84. The lowest BCUT2D eigenvalue weighted by atomic mass is 9.96. The minimum absolute atomic E-state index is 0.189. The summed E-state index contributed by atoms with van der Waals surface area (Å²) in [6.45, 7) is 3.76. The van der Waals surface area contributed by atoms with E-state index < -0.39 is 0 Å². The van der Waals surface area contributed by atoms with Crippen molar-refractivity contribution in [3.05, 3.63) is 18.2 Å². The van der Waals surface area contributed by atoms with Gasteiger partial charge in [0.1, 0.15) is 5.75 Å². The summed E-state index contributed by atoms with van der Waals surface area (Å²) < 4.78 is 5.14. The highest BCUT2D eigenvalue weighted by Crippen LogP contribution is 2.30. The number of aliphatic hydroxyl groups excluding tert-OH is 1. The van der Waals surface area contributed by atoms with Crippen LogP contribution in [0, 0.1) is 5.92 Å². The highest BCUT2D eigenvalue weighted by atomic mass is 16.5. The van der Waals surface area contributed by atoms with Crippen LogP contribution in [-0.2, 0) is 0 Å². The lowest BCUT2D eigenvalue weighted by molar-refractivity contribution is 0.0971. The molecular formula is C13H20N2O2. The summed E-state index contributed by atoms with van der Waals surface area (Å²) in [5, 5.41) is 9.72. The molecule has 2 atom stereocenters. The van der Waals surface area contributed by atoms with E-state index in [0.29, 0.717) is 0 Å². The monoisotopic (exact) mass is 236 g/mol. The minimum Gasteiger partial charge on any atom is -0.497 e. The molecule has 4 heteroatoms. The van der Waals surface area contributed by atoms with Gasteiger partial charge in [-0.25, -0.2) is 0 Å². The number of aliphatic hydroxyl groups is 1. The molecule has 1 aromatic carbocycles. The molecule has 2 unspecified atom stereocenters. The smallest absolute Gasteiger partial charge is 0.121 e. The van der Waals surface area contributed by atoms with Gasteiger partial charge in [-0.05, 0) is 24.5 Å². The molecule has 1 heterocycles. The van der Waals surface area contributed by atoms with Gasteiger partial charge in [-0.3, -0.25) is 0 Å². The lowest BCUT2D eigenvalue weighted by Crippen LogP contribution is -2.42. The fourth-order valence-corrected chi connectivity index (χ4v) is 2.30. The van der Waals surface area contributed by atoms with Crippen LogP contribution in [0.2, 0.25) is 0 Å². The molecule has 0 spiro atoms. The van der Waals surface area contributed by atoms with E-state index in [4.69, 9.17) is 10.5 Å². The molecule has 0 aliphatic carbocycles. The van der Waals surface area contributed by atoms with Gasteiger partial charge >= 0.3 is 0 Å². The molecule has 2 rings (SSSR count). The summed E-state index contributed by atoms with van der Waals surface area (Å²) in [6, 6.07) is 5.74. The molecule has 1 aliphatic rings. The van der Waals surface area contributed by atoms with Crippen LogP contribution in [-0.4, -0.2) is 31.4 Å². The van der Waals surface area contributed by atoms with E-state index in [1.165, 1.54) is 0 Å². The highest BCUT2D eigenvalue weighted by molar-refractivity contribution is 5.69. The Morgan fingerprint density at radius 3 is 2.82 bits per heavy atom. The topological polar surface area (TPSA) is 58.7 Å². The Kier molecular flexibility index (Phi) is 3.43. The quantitative estimate of drug-likeness (QED) is 0.764. The van der Waals surface area contributed by atoms with Crippen molar-refractivity contribution in [3.63, 3.8) is 0 Å². The van der Waals surface area contributed by atoms with Crippen molar-refractivity contribution in [2.45, 2.75) is 19.4 Å². The second-order valence-corrected chi connectivity index (χ2v) is 4.70. The Labute approximate surface area is 102 Å². The predicted molar refractivity (Wildman–Crippen MR) is 69.4 cm³/mol. The summed E-state index contributed by atoms with van der Waals surface area (Å²) >= 11 is 0. The Bertz CT molecular complexity index is 395. The Morgan fingerprint density at radius 2 is 2.24 bits per heavy atom. The van der Waals surface area contributed by atoms with Crippen molar-refractivity contribution in [2.75, 3.05) is 30.8 Å². The molecule has 4 nitrogen and oxygen atoms in total. The van der Waals surface area contributed by atoms with Crippen LogP contribution < -0.4 is 15.4 Å². The SMILES string of the molecule is COc1ccc(N2CCC(O)C(C)C2)c(N)c1. The number of methoxy groups -OCH3 is 1. The molecule has 94 valence electrons. The van der Waals surface area contributed by atoms with E-state index >= 15 is 0 Å². The third kappa shape index (κ3) is 2.47. The van der Waals surface area contributed by atoms with Crippen molar-refractivity contribution in [1.82, 2.24) is 0 Å². The number of piperidine rings is 1. The molecule has 1 fully saturated rings. The van der Waals surface area contributed by atoms with Gasteiger partial charge in [0.2, 0.25) is 0 Å². The van der Waals surface area contributed by atoms with E-state index in [1.807, 2.05) is 18.2 Å². The maximum atomic E-state index is 9.72. The highest BCUT2D eigenvalue weighted by Gasteiger charge is 2.25. The maximum Gasteiger partial charge on any atom is 0.121 e. The number of nitrogens with two attached hydrogens (primary N) is 1. The molecule has 0 bridgehead atoms. The van der Waals surface area contributed by atoms with Crippen molar-refractivity contribution in [2.24, 2.45) is 5.92 Å². The first-order valence-corrected chi connectivity index (χ1v) is 5.98. The van der Waals surface area contributed by atoms with E-state index in [1.54, 1.807) is 7.11 Å². The third-order valence-electron chi connectivity index (χ3n) is 3.44. The molecule has 3 N–H and O–H groups in total. The van der Waals surface area contributed by atoms with Gasteiger partial charge in [-0.15, -0.1) is 0 Å². The zero-order valence-electron chi connectivity index (χ0n) is 10.4. The first kappa shape index (κ1) is 12.0. The number of rotatable bonds is 2. The second-order valence-electron chi connectivity index (χ2n) is 4.70.